The van der Waals surface area contributed by atoms with E-state index in [0.717, 1.165) is 0 Å². The molecule has 6 nitrogen and oxygen atoms in total. The molecule has 0 aliphatic carbocycles. The highest BCUT2D eigenvalue weighted by molar-refractivity contribution is 6.64. The van der Waals surface area contributed by atoms with Gasteiger partial charge in [-0.3, -0.25) is 14.4 Å². The fourth-order valence-electron chi connectivity index (χ4n) is 1.75. The second-order valence-corrected chi connectivity index (χ2v) is 6.59. The summed E-state index contributed by atoms with van der Waals surface area (Å²) in [5.41, 5.74) is -0.472. The molecule has 0 aliphatic heterocycles. The molecule has 0 aromatic heterocycles. The molecule has 0 aromatic rings. The summed E-state index contributed by atoms with van der Waals surface area (Å²) in [6.45, 7) is 3.41. The van der Waals surface area contributed by atoms with Crippen molar-refractivity contribution >= 4 is 50.5 Å². The van der Waals surface area contributed by atoms with E-state index >= 15 is 0 Å². The molecule has 0 atom stereocenters. The fraction of sp³-hybridized carbons (Fsp3) is 0.800. The molecule has 0 aromatic carbocycles. The van der Waals surface area contributed by atoms with Crippen LogP contribution in [0.5, 0.6) is 0 Å². The van der Waals surface area contributed by atoms with Gasteiger partial charge in [-0.1, -0.05) is 6.92 Å². The van der Waals surface area contributed by atoms with Crippen LogP contribution in [0.15, 0.2) is 0 Å². The molecule has 0 spiro atoms. The summed E-state index contributed by atoms with van der Waals surface area (Å²) in [6.07, 6.45) is 1.02. The molecule has 0 fully saturated rings. The standard InChI is InChI=1S/C15H23Cl3O6/c1-2-15(9-22-6-3-12(16)19,10-23-7-4-13(17)20)11-24-8-5-14(18)21/h2-11H2,1H3. The molecule has 0 aliphatic rings. The zero-order chi connectivity index (χ0) is 18.4. The summed E-state index contributed by atoms with van der Waals surface area (Å²) in [4.78, 5) is 32.2. The minimum absolute atomic E-state index is 0.116. The molecule has 9 heteroatoms. The average molecular weight is 406 g/mol. The van der Waals surface area contributed by atoms with Gasteiger partial charge in [-0.2, -0.15) is 0 Å². The molecule has 0 saturated heterocycles. The first-order valence-electron chi connectivity index (χ1n) is 7.59. The smallest absolute Gasteiger partial charge is 0.223 e. The average Bonchev–Trinajstić information content (AvgIpc) is 2.51. The van der Waals surface area contributed by atoms with E-state index in [1.54, 1.807) is 0 Å². The van der Waals surface area contributed by atoms with E-state index in [1.165, 1.54) is 0 Å². The monoisotopic (exact) mass is 404 g/mol. The third-order valence-corrected chi connectivity index (χ3v) is 3.87. The number of ether oxygens (including phenoxy) is 3. The molecule has 0 amide bonds. The minimum atomic E-state index is -0.472. The zero-order valence-corrected chi connectivity index (χ0v) is 15.9. The molecule has 0 heterocycles. The lowest BCUT2D eigenvalue weighted by Gasteiger charge is -2.32. The number of halogens is 3. The largest absolute Gasteiger partial charge is 0.380 e. The highest BCUT2D eigenvalue weighted by atomic mass is 35.5. The lowest BCUT2D eigenvalue weighted by molar-refractivity contribution is -0.114. The van der Waals surface area contributed by atoms with Gasteiger partial charge in [-0.05, 0) is 41.2 Å². The van der Waals surface area contributed by atoms with E-state index in [9.17, 15) is 14.4 Å². The van der Waals surface area contributed by atoms with Crippen LogP contribution in [0.4, 0.5) is 0 Å². The summed E-state index contributed by atoms with van der Waals surface area (Å²) < 4.78 is 16.5. The highest BCUT2D eigenvalue weighted by Gasteiger charge is 2.30. The number of rotatable bonds is 16. The van der Waals surface area contributed by atoms with E-state index in [2.05, 4.69) is 0 Å². The van der Waals surface area contributed by atoms with Gasteiger partial charge in [0.25, 0.3) is 0 Å². The molecule has 0 rings (SSSR count). The molecule has 0 bridgehead atoms. The van der Waals surface area contributed by atoms with E-state index < -0.39 is 21.1 Å². The van der Waals surface area contributed by atoms with Crippen molar-refractivity contribution in [2.45, 2.75) is 32.6 Å². The quantitative estimate of drug-likeness (QED) is 0.290. The van der Waals surface area contributed by atoms with E-state index in [1.807, 2.05) is 6.92 Å². The van der Waals surface area contributed by atoms with Gasteiger partial charge in [0.2, 0.25) is 15.7 Å². The Kier molecular flexibility index (Phi) is 13.8. The van der Waals surface area contributed by atoms with E-state index in [-0.39, 0.29) is 58.9 Å². The first kappa shape index (κ1) is 23.8. The van der Waals surface area contributed by atoms with Crippen molar-refractivity contribution < 1.29 is 28.6 Å². The first-order chi connectivity index (χ1) is 11.3. The first-order valence-corrected chi connectivity index (χ1v) is 8.73. The van der Waals surface area contributed by atoms with Crippen LogP contribution in [0.3, 0.4) is 0 Å². The maximum atomic E-state index is 10.7. The van der Waals surface area contributed by atoms with Gasteiger partial charge in [-0.25, -0.2) is 0 Å². The summed E-state index contributed by atoms with van der Waals surface area (Å²) in [5, 5.41) is -1.40. The third kappa shape index (κ3) is 13.1. The Bertz CT molecular complexity index is 348. The minimum Gasteiger partial charge on any atom is -0.380 e. The van der Waals surface area contributed by atoms with Crippen LogP contribution in [-0.2, 0) is 28.6 Å². The number of carbonyl (C=O) groups is 3. The van der Waals surface area contributed by atoms with Gasteiger partial charge in [0.05, 0.1) is 39.6 Å². The van der Waals surface area contributed by atoms with Gasteiger partial charge in [0, 0.05) is 24.7 Å². The van der Waals surface area contributed by atoms with Crippen LogP contribution in [0.1, 0.15) is 32.6 Å². The Labute approximate surface area is 157 Å². The van der Waals surface area contributed by atoms with Crippen LogP contribution >= 0.6 is 34.8 Å². The number of hydrogen-bond acceptors (Lipinski definition) is 6. The highest BCUT2D eigenvalue weighted by Crippen LogP contribution is 2.24. The van der Waals surface area contributed by atoms with Crippen molar-refractivity contribution in [1.29, 1.82) is 0 Å². The van der Waals surface area contributed by atoms with Gasteiger partial charge < -0.3 is 14.2 Å². The molecule has 24 heavy (non-hydrogen) atoms. The molecule has 140 valence electrons. The number of hydrogen-bond donors (Lipinski definition) is 0. The normalized spacial score (nSPS) is 11.5. The molecule has 0 unspecified atom stereocenters. The van der Waals surface area contributed by atoms with Crippen LogP contribution in [-0.4, -0.2) is 55.4 Å². The van der Waals surface area contributed by atoms with Crippen molar-refractivity contribution in [3.8, 4) is 0 Å². The fourth-order valence-corrected chi connectivity index (χ4v) is 1.99. The maximum Gasteiger partial charge on any atom is 0.223 e. The van der Waals surface area contributed by atoms with Gasteiger partial charge in [-0.15, -0.1) is 0 Å². The van der Waals surface area contributed by atoms with Crippen molar-refractivity contribution in [2.24, 2.45) is 5.41 Å². The van der Waals surface area contributed by atoms with Crippen molar-refractivity contribution in [2.75, 3.05) is 39.6 Å². The van der Waals surface area contributed by atoms with Crippen molar-refractivity contribution in [3.63, 3.8) is 0 Å². The maximum absolute atomic E-state index is 10.7. The summed E-state index contributed by atoms with van der Waals surface area (Å²) in [7, 11) is 0. The van der Waals surface area contributed by atoms with Crippen LogP contribution < -0.4 is 0 Å². The predicted octanol–water partition coefficient (Wildman–Crippen LogP) is 2.90. The predicted molar refractivity (Wildman–Crippen MR) is 91.6 cm³/mol. The molecular formula is C15H23Cl3O6. The topological polar surface area (TPSA) is 78.9 Å². The molecular weight excluding hydrogens is 383 g/mol. The zero-order valence-electron chi connectivity index (χ0n) is 13.7. The Morgan fingerprint density at radius 1 is 0.708 bits per heavy atom. The summed E-state index contributed by atoms with van der Waals surface area (Å²) in [6, 6.07) is 0. The second-order valence-electron chi connectivity index (χ2n) is 5.33. The van der Waals surface area contributed by atoms with Crippen LogP contribution in [0.25, 0.3) is 0 Å². The Morgan fingerprint density at radius 2 is 1.00 bits per heavy atom. The van der Waals surface area contributed by atoms with Crippen LogP contribution in [0.2, 0.25) is 0 Å². The Hall–Kier alpha value is -0.240. The third-order valence-electron chi connectivity index (χ3n) is 3.30. The van der Waals surface area contributed by atoms with Gasteiger partial charge in [0.15, 0.2) is 0 Å². The summed E-state index contributed by atoms with van der Waals surface area (Å²) >= 11 is 15.8. The molecule has 0 saturated carbocycles. The SMILES string of the molecule is CCC(COCCC(=O)Cl)(COCCC(=O)Cl)COCCC(=O)Cl. The van der Waals surface area contributed by atoms with E-state index in [4.69, 9.17) is 49.0 Å². The lowest BCUT2D eigenvalue weighted by Crippen LogP contribution is -2.37. The van der Waals surface area contributed by atoms with Gasteiger partial charge >= 0.3 is 0 Å². The number of carbonyl (C=O) groups excluding carboxylic acids is 3. The molecule has 0 radical (unpaired) electrons. The Morgan fingerprint density at radius 3 is 1.21 bits per heavy atom. The molecule has 0 N–H and O–H groups in total. The second kappa shape index (κ2) is 14.0. The van der Waals surface area contributed by atoms with Crippen LogP contribution in [0, 0.1) is 5.41 Å². The lowest BCUT2D eigenvalue weighted by atomic mass is 9.88. The van der Waals surface area contributed by atoms with Crippen molar-refractivity contribution in [1.82, 2.24) is 0 Å². The summed E-state index contributed by atoms with van der Waals surface area (Å²) in [5.74, 6) is 0. The van der Waals surface area contributed by atoms with Crippen molar-refractivity contribution in [3.05, 3.63) is 0 Å². The van der Waals surface area contributed by atoms with E-state index in [0.29, 0.717) is 6.42 Å². The Balaban J connectivity index is 4.45. The van der Waals surface area contributed by atoms with Gasteiger partial charge in [0.1, 0.15) is 0 Å².